The summed E-state index contributed by atoms with van der Waals surface area (Å²) in [6.45, 7) is 12.0. The van der Waals surface area contributed by atoms with Gasteiger partial charge in [0.05, 0.1) is 0 Å². The third kappa shape index (κ3) is 3.00. The van der Waals surface area contributed by atoms with Crippen molar-refractivity contribution in [3.05, 3.63) is 0 Å². The van der Waals surface area contributed by atoms with Crippen LogP contribution in [0.25, 0.3) is 0 Å². The van der Waals surface area contributed by atoms with Crippen LogP contribution in [0.4, 0.5) is 0 Å². The van der Waals surface area contributed by atoms with Crippen LogP contribution in [0, 0.1) is 29.6 Å². The number of hydrogen-bond donors (Lipinski definition) is 0. The Hall–Kier alpha value is 0. The Balaban J connectivity index is 2.43. The number of rotatable bonds is 4. The van der Waals surface area contributed by atoms with Crippen molar-refractivity contribution in [1.82, 2.24) is 0 Å². The smallest absolute Gasteiger partial charge is 0.0363 e. The molecule has 0 aromatic rings. The molecule has 0 heteroatoms. The summed E-state index contributed by atoms with van der Waals surface area (Å²) in [6, 6.07) is 0. The SMILES string of the molecule is CC(C)C1CCCC1C[C@H](C)C(C)C. The molecule has 0 radical (unpaired) electrons. The Labute approximate surface area is 90.5 Å². The van der Waals surface area contributed by atoms with Crippen LogP contribution in [0.15, 0.2) is 0 Å². The highest BCUT2D eigenvalue weighted by atomic mass is 14.4. The minimum Gasteiger partial charge on any atom is -0.0625 e. The first kappa shape index (κ1) is 12.1. The molecule has 1 aliphatic carbocycles. The predicted octanol–water partition coefficient (Wildman–Crippen LogP) is 4.74. The summed E-state index contributed by atoms with van der Waals surface area (Å²) < 4.78 is 0. The maximum absolute atomic E-state index is 2.43. The van der Waals surface area contributed by atoms with E-state index in [1.165, 1.54) is 25.7 Å². The molecule has 1 rings (SSSR count). The lowest BCUT2D eigenvalue weighted by Crippen LogP contribution is -2.18. The summed E-state index contributed by atoms with van der Waals surface area (Å²) in [5, 5.41) is 0. The summed E-state index contributed by atoms with van der Waals surface area (Å²) in [7, 11) is 0. The van der Waals surface area contributed by atoms with Crippen LogP contribution in [-0.2, 0) is 0 Å². The molecule has 1 saturated carbocycles. The van der Waals surface area contributed by atoms with Gasteiger partial charge in [0.25, 0.3) is 0 Å². The zero-order valence-electron chi connectivity index (χ0n) is 10.7. The van der Waals surface area contributed by atoms with Crippen LogP contribution >= 0.6 is 0 Å². The molecule has 0 aromatic heterocycles. The first-order chi connectivity index (χ1) is 6.52. The normalized spacial score (nSPS) is 30.2. The summed E-state index contributed by atoms with van der Waals surface area (Å²) in [5.41, 5.74) is 0. The highest BCUT2D eigenvalue weighted by Gasteiger charge is 2.30. The molecule has 0 amide bonds. The molecule has 1 aliphatic rings. The summed E-state index contributed by atoms with van der Waals surface area (Å²) in [6.07, 6.45) is 5.95. The van der Waals surface area contributed by atoms with E-state index in [0.717, 1.165) is 29.6 Å². The van der Waals surface area contributed by atoms with Gasteiger partial charge < -0.3 is 0 Å². The maximum atomic E-state index is 2.43. The molecular weight excluding hydrogens is 168 g/mol. The van der Waals surface area contributed by atoms with E-state index >= 15 is 0 Å². The third-order valence-electron chi connectivity index (χ3n) is 4.39. The fraction of sp³-hybridized carbons (Fsp3) is 1.00. The molecule has 0 N–H and O–H groups in total. The van der Waals surface area contributed by atoms with Gasteiger partial charge in [-0.2, -0.15) is 0 Å². The van der Waals surface area contributed by atoms with Crippen LogP contribution < -0.4 is 0 Å². The van der Waals surface area contributed by atoms with Crippen LogP contribution in [0.5, 0.6) is 0 Å². The summed E-state index contributed by atoms with van der Waals surface area (Å²) in [4.78, 5) is 0. The quantitative estimate of drug-likeness (QED) is 0.609. The molecule has 84 valence electrons. The summed E-state index contributed by atoms with van der Waals surface area (Å²) >= 11 is 0. The van der Waals surface area contributed by atoms with Crippen molar-refractivity contribution in [3.63, 3.8) is 0 Å². The van der Waals surface area contributed by atoms with Gasteiger partial charge in [0, 0.05) is 0 Å². The van der Waals surface area contributed by atoms with E-state index in [1.54, 1.807) is 0 Å². The van der Waals surface area contributed by atoms with Gasteiger partial charge in [-0.3, -0.25) is 0 Å². The second-order valence-corrected chi connectivity index (χ2v) is 6.06. The van der Waals surface area contributed by atoms with Crippen LogP contribution in [0.3, 0.4) is 0 Å². The topological polar surface area (TPSA) is 0 Å². The van der Waals surface area contributed by atoms with Crippen molar-refractivity contribution in [3.8, 4) is 0 Å². The molecular formula is C14H28. The van der Waals surface area contributed by atoms with Gasteiger partial charge in [0.1, 0.15) is 0 Å². The molecule has 0 spiro atoms. The van der Waals surface area contributed by atoms with Crippen LogP contribution in [0.1, 0.15) is 60.3 Å². The zero-order chi connectivity index (χ0) is 10.7. The van der Waals surface area contributed by atoms with Crippen molar-refractivity contribution < 1.29 is 0 Å². The van der Waals surface area contributed by atoms with E-state index in [1.807, 2.05) is 0 Å². The van der Waals surface area contributed by atoms with E-state index in [-0.39, 0.29) is 0 Å². The monoisotopic (exact) mass is 196 g/mol. The average molecular weight is 196 g/mol. The van der Waals surface area contributed by atoms with Crippen molar-refractivity contribution in [2.45, 2.75) is 60.3 Å². The van der Waals surface area contributed by atoms with Gasteiger partial charge >= 0.3 is 0 Å². The average Bonchev–Trinajstić information content (AvgIpc) is 2.52. The first-order valence-electron chi connectivity index (χ1n) is 6.52. The number of hydrogen-bond acceptors (Lipinski definition) is 0. The second kappa shape index (κ2) is 5.19. The standard InChI is InChI=1S/C14H28/c1-10(2)12(5)9-13-7-6-8-14(13)11(3)4/h10-14H,6-9H2,1-5H3/t12-,13?,14?/m0/s1. The first-order valence-corrected chi connectivity index (χ1v) is 6.52. The molecule has 0 nitrogen and oxygen atoms in total. The molecule has 0 saturated heterocycles. The van der Waals surface area contributed by atoms with E-state index in [4.69, 9.17) is 0 Å². The fourth-order valence-corrected chi connectivity index (χ4v) is 2.99. The van der Waals surface area contributed by atoms with Gasteiger partial charge in [-0.25, -0.2) is 0 Å². The minimum absolute atomic E-state index is 0.864. The van der Waals surface area contributed by atoms with Crippen LogP contribution in [0.2, 0.25) is 0 Å². The van der Waals surface area contributed by atoms with Gasteiger partial charge in [-0.1, -0.05) is 47.5 Å². The Morgan fingerprint density at radius 2 is 1.64 bits per heavy atom. The molecule has 0 bridgehead atoms. The lowest BCUT2D eigenvalue weighted by atomic mass is 9.79. The van der Waals surface area contributed by atoms with E-state index in [2.05, 4.69) is 34.6 Å². The Kier molecular flexibility index (Phi) is 4.47. The maximum Gasteiger partial charge on any atom is -0.0363 e. The molecule has 14 heavy (non-hydrogen) atoms. The highest BCUT2D eigenvalue weighted by molar-refractivity contribution is 4.81. The van der Waals surface area contributed by atoms with Gasteiger partial charge in [0.2, 0.25) is 0 Å². The fourth-order valence-electron chi connectivity index (χ4n) is 2.99. The van der Waals surface area contributed by atoms with Gasteiger partial charge in [-0.15, -0.1) is 0 Å². The predicted molar refractivity (Wildman–Crippen MR) is 64.3 cm³/mol. The summed E-state index contributed by atoms with van der Waals surface area (Å²) in [5.74, 6) is 4.74. The second-order valence-electron chi connectivity index (χ2n) is 6.06. The highest BCUT2D eigenvalue weighted by Crippen LogP contribution is 2.41. The molecule has 2 unspecified atom stereocenters. The van der Waals surface area contributed by atoms with Gasteiger partial charge in [0.15, 0.2) is 0 Å². The lowest BCUT2D eigenvalue weighted by molar-refractivity contribution is 0.229. The molecule has 3 atom stereocenters. The Morgan fingerprint density at radius 3 is 2.14 bits per heavy atom. The molecule has 0 aromatic carbocycles. The molecule has 0 aliphatic heterocycles. The van der Waals surface area contributed by atoms with Crippen molar-refractivity contribution in [1.29, 1.82) is 0 Å². The zero-order valence-corrected chi connectivity index (χ0v) is 10.7. The van der Waals surface area contributed by atoms with Crippen LogP contribution in [-0.4, -0.2) is 0 Å². The van der Waals surface area contributed by atoms with Gasteiger partial charge in [-0.05, 0) is 42.4 Å². The largest absolute Gasteiger partial charge is 0.0625 e. The molecule has 0 heterocycles. The van der Waals surface area contributed by atoms with Crippen molar-refractivity contribution in [2.75, 3.05) is 0 Å². The van der Waals surface area contributed by atoms with E-state index in [9.17, 15) is 0 Å². The lowest BCUT2D eigenvalue weighted by Gasteiger charge is -2.27. The van der Waals surface area contributed by atoms with Crippen molar-refractivity contribution >= 4 is 0 Å². The Morgan fingerprint density at radius 1 is 1.00 bits per heavy atom. The van der Waals surface area contributed by atoms with E-state index in [0.29, 0.717) is 0 Å². The molecule has 1 fully saturated rings. The third-order valence-corrected chi connectivity index (χ3v) is 4.39. The Bertz CT molecular complexity index is 157. The van der Waals surface area contributed by atoms with E-state index < -0.39 is 0 Å². The van der Waals surface area contributed by atoms with Crippen molar-refractivity contribution in [2.24, 2.45) is 29.6 Å². The minimum atomic E-state index is 0.864.